The van der Waals surface area contributed by atoms with Gasteiger partial charge in [-0.3, -0.25) is 14.4 Å². The maximum Gasteiger partial charge on any atom is 0.329 e. The number of ether oxygens (including phenoxy) is 1. The summed E-state index contributed by atoms with van der Waals surface area (Å²) in [6.07, 6.45) is 0.00859. The Hall–Kier alpha value is -2.90. The van der Waals surface area contributed by atoms with Crippen LogP contribution >= 0.6 is 0 Å². The monoisotopic (exact) mass is 434 g/mol. The molecule has 8 nitrogen and oxygen atoms in total. The average molecular weight is 435 g/mol. The molecule has 0 aliphatic carbocycles. The summed E-state index contributed by atoms with van der Waals surface area (Å²) < 4.78 is 5.44. The standard InChI is InChI=1S/C23H34N2O6/c1-15(2)13-18(22(30)31-23(3,4)5)25-21(29)17(14-16-9-7-6-8-10-16)24-19(26)11-12-20(27)28/h6-10,15,17-18H,11-14H2,1-5H3,(H,24,26)(H,25,29)(H,27,28)/t17-,18-/m0/s1. The van der Waals surface area contributed by atoms with Crippen molar-refractivity contribution in [3.8, 4) is 0 Å². The maximum atomic E-state index is 13.0. The average Bonchev–Trinajstić information content (AvgIpc) is 2.64. The Morgan fingerprint density at radius 1 is 0.968 bits per heavy atom. The van der Waals surface area contributed by atoms with Crippen molar-refractivity contribution >= 4 is 23.8 Å². The Balaban J connectivity index is 2.98. The van der Waals surface area contributed by atoms with E-state index >= 15 is 0 Å². The van der Waals surface area contributed by atoms with E-state index in [9.17, 15) is 19.2 Å². The number of nitrogens with one attached hydrogen (secondary N) is 2. The van der Waals surface area contributed by atoms with Gasteiger partial charge in [-0.1, -0.05) is 44.2 Å². The minimum atomic E-state index is -1.10. The van der Waals surface area contributed by atoms with Crippen molar-refractivity contribution in [2.75, 3.05) is 0 Å². The summed E-state index contributed by atoms with van der Waals surface area (Å²) in [5.41, 5.74) is 0.116. The van der Waals surface area contributed by atoms with Gasteiger partial charge in [0, 0.05) is 12.8 Å². The second-order valence-electron chi connectivity index (χ2n) is 8.93. The van der Waals surface area contributed by atoms with E-state index in [1.54, 1.807) is 20.8 Å². The lowest BCUT2D eigenvalue weighted by molar-refractivity contribution is -0.159. The summed E-state index contributed by atoms with van der Waals surface area (Å²) in [5, 5.41) is 14.1. The van der Waals surface area contributed by atoms with Crippen LogP contribution in [0.15, 0.2) is 30.3 Å². The zero-order valence-corrected chi connectivity index (χ0v) is 18.9. The van der Waals surface area contributed by atoms with Gasteiger partial charge in [0.2, 0.25) is 11.8 Å². The first-order chi connectivity index (χ1) is 14.4. The minimum Gasteiger partial charge on any atom is -0.481 e. The predicted octanol–water partition coefficient (Wildman–Crippen LogP) is 2.45. The molecule has 3 N–H and O–H groups in total. The van der Waals surface area contributed by atoms with Gasteiger partial charge in [-0.15, -0.1) is 0 Å². The van der Waals surface area contributed by atoms with E-state index in [1.165, 1.54) is 0 Å². The number of benzene rings is 1. The highest BCUT2D eigenvalue weighted by atomic mass is 16.6. The molecule has 2 amide bonds. The number of carbonyl (C=O) groups excluding carboxylic acids is 3. The van der Waals surface area contributed by atoms with Gasteiger partial charge < -0.3 is 20.5 Å². The lowest BCUT2D eigenvalue weighted by Crippen LogP contribution is -2.53. The second kappa shape index (κ2) is 12.1. The van der Waals surface area contributed by atoms with Crippen molar-refractivity contribution in [1.82, 2.24) is 10.6 Å². The summed E-state index contributed by atoms with van der Waals surface area (Å²) in [5.74, 6) is -2.58. The third kappa shape index (κ3) is 11.2. The quantitative estimate of drug-likeness (QED) is 0.460. The third-order valence-electron chi connectivity index (χ3n) is 4.22. The third-order valence-corrected chi connectivity index (χ3v) is 4.22. The number of esters is 1. The Morgan fingerprint density at radius 2 is 1.58 bits per heavy atom. The van der Waals surface area contributed by atoms with E-state index in [1.807, 2.05) is 44.2 Å². The van der Waals surface area contributed by atoms with Crippen molar-refractivity contribution in [1.29, 1.82) is 0 Å². The number of rotatable bonds is 11. The van der Waals surface area contributed by atoms with Crippen LogP contribution in [0, 0.1) is 5.92 Å². The van der Waals surface area contributed by atoms with Crippen LogP contribution in [0.25, 0.3) is 0 Å². The number of hydrogen-bond acceptors (Lipinski definition) is 5. The molecule has 0 spiro atoms. The molecule has 0 fully saturated rings. The molecule has 31 heavy (non-hydrogen) atoms. The zero-order valence-electron chi connectivity index (χ0n) is 18.9. The molecule has 0 aliphatic heterocycles. The molecular weight excluding hydrogens is 400 g/mol. The van der Waals surface area contributed by atoms with E-state index in [-0.39, 0.29) is 25.2 Å². The lowest BCUT2D eigenvalue weighted by atomic mass is 10.0. The van der Waals surface area contributed by atoms with Crippen LogP contribution in [0.5, 0.6) is 0 Å². The fraction of sp³-hybridized carbons (Fsp3) is 0.565. The normalized spacial score (nSPS) is 13.2. The Kier molecular flexibility index (Phi) is 10.2. The van der Waals surface area contributed by atoms with Gasteiger partial charge in [-0.05, 0) is 38.7 Å². The maximum absolute atomic E-state index is 13.0. The summed E-state index contributed by atoms with van der Waals surface area (Å²) >= 11 is 0. The molecule has 1 aromatic carbocycles. The van der Waals surface area contributed by atoms with Crippen molar-refractivity contribution < 1.29 is 29.0 Å². The van der Waals surface area contributed by atoms with Gasteiger partial charge in [0.05, 0.1) is 6.42 Å². The molecule has 0 radical (unpaired) electrons. The zero-order chi connectivity index (χ0) is 23.6. The molecule has 2 atom stereocenters. The second-order valence-corrected chi connectivity index (χ2v) is 8.93. The SMILES string of the molecule is CC(C)C[C@H](NC(=O)[C@H](Cc1ccccc1)NC(=O)CCC(=O)O)C(=O)OC(C)(C)C. The highest BCUT2D eigenvalue weighted by Crippen LogP contribution is 2.14. The number of hydrogen-bond donors (Lipinski definition) is 3. The van der Waals surface area contributed by atoms with E-state index in [0.29, 0.717) is 6.42 Å². The van der Waals surface area contributed by atoms with Crippen molar-refractivity contribution in [2.24, 2.45) is 5.92 Å². The molecule has 172 valence electrons. The van der Waals surface area contributed by atoms with Crippen LogP contribution in [-0.2, 0) is 30.3 Å². The van der Waals surface area contributed by atoms with Crippen LogP contribution < -0.4 is 10.6 Å². The Morgan fingerprint density at radius 3 is 2.10 bits per heavy atom. The van der Waals surface area contributed by atoms with Gasteiger partial charge in [0.25, 0.3) is 0 Å². The minimum absolute atomic E-state index is 0.121. The van der Waals surface area contributed by atoms with Crippen LogP contribution in [0.2, 0.25) is 0 Å². The molecule has 0 heterocycles. The molecule has 1 rings (SSSR count). The number of amides is 2. The Bertz CT molecular complexity index is 755. The fourth-order valence-corrected chi connectivity index (χ4v) is 2.88. The first-order valence-electron chi connectivity index (χ1n) is 10.5. The summed E-state index contributed by atoms with van der Waals surface area (Å²) in [4.78, 5) is 48.6. The molecule has 0 bridgehead atoms. The molecule has 8 heteroatoms. The van der Waals surface area contributed by atoms with Crippen LogP contribution in [0.4, 0.5) is 0 Å². The number of carboxylic acid groups (broad SMARTS) is 1. The van der Waals surface area contributed by atoms with E-state index in [0.717, 1.165) is 5.56 Å². The molecule has 0 saturated heterocycles. The number of aliphatic carboxylic acids is 1. The van der Waals surface area contributed by atoms with Gasteiger partial charge >= 0.3 is 11.9 Å². The van der Waals surface area contributed by atoms with E-state index in [2.05, 4.69) is 10.6 Å². The number of carbonyl (C=O) groups is 4. The molecule has 0 aromatic heterocycles. The summed E-state index contributed by atoms with van der Waals surface area (Å²) in [6, 6.07) is 7.30. The fourth-order valence-electron chi connectivity index (χ4n) is 2.88. The summed E-state index contributed by atoms with van der Waals surface area (Å²) in [6.45, 7) is 9.11. The Labute approximate surface area is 183 Å². The lowest BCUT2D eigenvalue weighted by Gasteiger charge is -2.27. The first kappa shape index (κ1) is 26.1. The smallest absolute Gasteiger partial charge is 0.329 e. The van der Waals surface area contributed by atoms with Crippen LogP contribution in [-0.4, -0.2) is 46.5 Å². The molecule has 1 aromatic rings. The largest absolute Gasteiger partial charge is 0.481 e. The van der Waals surface area contributed by atoms with Gasteiger partial charge in [-0.25, -0.2) is 4.79 Å². The molecule has 0 unspecified atom stereocenters. The van der Waals surface area contributed by atoms with Crippen molar-refractivity contribution in [3.63, 3.8) is 0 Å². The van der Waals surface area contributed by atoms with Crippen LogP contribution in [0.1, 0.15) is 59.4 Å². The highest BCUT2D eigenvalue weighted by molar-refractivity contribution is 5.91. The van der Waals surface area contributed by atoms with Crippen LogP contribution in [0.3, 0.4) is 0 Å². The van der Waals surface area contributed by atoms with E-state index < -0.39 is 41.4 Å². The van der Waals surface area contributed by atoms with Gasteiger partial charge in [-0.2, -0.15) is 0 Å². The van der Waals surface area contributed by atoms with E-state index in [4.69, 9.17) is 9.84 Å². The first-order valence-corrected chi connectivity index (χ1v) is 10.5. The molecular formula is C23H34N2O6. The number of carboxylic acids is 1. The molecule has 0 saturated carbocycles. The molecule has 0 aliphatic rings. The topological polar surface area (TPSA) is 122 Å². The van der Waals surface area contributed by atoms with Crippen molar-refractivity contribution in [3.05, 3.63) is 35.9 Å². The highest BCUT2D eigenvalue weighted by Gasteiger charge is 2.30. The van der Waals surface area contributed by atoms with Gasteiger partial charge in [0.15, 0.2) is 0 Å². The van der Waals surface area contributed by atoms with Gasteiger partial charge in [0.1, 0.15) is 17.7 Å². The summed E-state index contributed by atoms with van der Waals surface area (Å²) in [7, 11) is 0. The van der Waals surface area contributed by atoms with Crippen molar-refractivity contribution in [2.45, 2.75) is 78.0 Å². The predicted molar refractivity (Wildman–Crippen MR) is 116 cm³/mol.